The van der Waals surface area contributed by atoms with E-state index in [4.69, 9.17) is 16.0 Å². The predicted octanol–water partition coefficient (Wildman–Crippen LogP) is 3.52. The number of furan rings is 1. The number of halogens is 1. The molecular weight excluding hydrogens is 260 g/mol. The minimum atomic E-state index is 0.497. The van der Waals surface area contributed by atoms with Gasteiger partial charge in [0.15, 0.2) is 5.22 Å². The highest BCUT2D eigenvalue weighted by molar-refractivity contribution is 6.30. The Balaban J connectivity index is 1.93. The summed E-state index contributed by atoms with van der Waals surface area (Å²) < 4.78 is 5.53. The van der Waals surface area contributed by atoms with Crippen LogP contribution in [0.2, 0.25) is 5.22 Å². The Bertz CT molecular complexity index is 520. The Hall–Kier alpha value is -1.03. The first kappa shape index (κ1) is 14.4. The molecule has 19 heavy (non-hydrogen) atoms. The zero-order valence-corrected chi connectivity index (χ0v) is 12.3. The Morgan fingerprint density at radius 3 is 2.68 bits per heavy atom. The maximum absolute atomic E-state index is 6.15. The van der Waals surface area contributed by atoms with E-state index in [0.717, 1.165) is 49.3 Å². The lowest BCUT2D eigenvalue weighted by Crippen LogP contribution is -2.31. The monoisotopic (exact) mass is 280 g/mol. The molecule has 0 spiro atoms. The average Bonchev–Trinajstić information content (AvgIpc) is 2.75. The van der Waals surface area contributed by atoms with Crippen LogP contribution in [0.15, 0.2) is 28.7 Å². The van der Waals surface area contributed by atoms with Gasteiger partial charge in [0.1, 0.15) is 5.58 Å². The Kier molecular flexibility index (Phi) is 5.25. The van der Waals surface area contributed by atoms with Crippen LogP contribution in [-0.4, -0.2) is 31.1 Å². The lowest BCUT2D eigenvalue weighted by molar-refractivity contribution is 0.302. The van der Waals surface area contributed by atoms with Crippen molar-refractivity contribution >= 4 is 22.6 Å². The van der Waals surface area contributed by atoms with E-state index >= 15 is 0 Å². The molecule has 1 aromatic heterocycles. The van der Waals surface area contributed by atoms with Crippen molar-refractivity contribution in [2.45, 2.75) is 20.4 Å². The van der Waals surface area contributed by atoms with Gasteiger partial charge in [-0.1, -0.05) is 32.0 Å². The molecular formula is C15H21ClN2O. The summed E-state index contributed by atoms with van der Waals surface area (Å²) in [5, 5.41) is 5.03. The van der Waals surface area contributed by atoms with Gasteiger partial charge < -0.3 is 14.6 Å². The van der Waals surface area contributed by atoms with E-state index in [1.807, 2.05) is 24.3 Å². The van der Waals surface area contributed by atoms with Crippen LogP contribution in [0.4, 0.5) is 0 Å². The summed E-state index contributed by atoms with van der Waals surface area (Å²) in [5.74, 6) is 0. The number of rotatable bonds is 7. The molecule has 0 aliphatic heterocycles. The van der Waals surface area contributed by atoms with Crippen molar-refractivity contribution in [3.63, 3.8) is 0 Å². The minimum Gasteiger partial charge on any atom is -0.444 e. The van der Waals surface area contributed by atoms with Crippen LogP contribution >= 0.6 is 11.6 Å². The van der Waals surface area contributed by atoms with E-state index in [2.05, 4.69) is 24.1 Å². The molecule has 0 aliphatic carbocycles. The van der Waals surface area contributed by atoms with E-state index in [0.29, 0.717) is 5.22 Å². The van der Waals surface area contributed by atoms with Crippen LogP contribution in [0.3, 0.4) is 0 Å². The van der Waals surface area contributed by atoms with E-state index in [1.54, 1.807) is 0 Å². The molecule has 2 rings (SSSR count). The predicted molar refractivity (Wildman–Crippen MR) is 80.7 cm³/mol. The normalized spacial score (nSPS) is 11.6. The van der Waals surface area contributed by atoms with Crippen LogP contribution in [0.5, 0.6) is 0 Å². The molecule has 0 amide bonds. The smallest absolute Gasteiger partial charge is 0.199 e. The van der Waals surface area contributed by atoms with Crippen LogP contribution < -0.4 is 5.32 Å². The quantitative estimate of drug-likeness (QED) is 0.787. The number of likely N-dealkylation sites (N-methyl/N-ethyl adjacent to an activating group) is 1. The van der Waals surface area contributed by atoms with E-state index < -0.39 is 0 Å². The van der Waals surface area contributed by atoms with Crippen LogP contribution in [0.25, 0.3) is 11.0 Å². The minimum absolute atomic E-state index is 0.497. The topological polar surface area (TPSA) is 28.4 Å². The van der Waals surface area contributed by atoms with Crippen LogP contribution in [0, 0.1) is 0 Å². The molecule has 0 radical (unpaired) electrons. The summed E-state index contributed by atoms with van der Waals surface area (Å²) in [6, 6.07) is 7.96. The van der Waals surface area contributed by atoms with Gasteiger partial charge in [0.25, 0.3) is 0 Å². The van der Waals surface area contributed by atoms with Gasteiger partial charge in [-0.2, -0.15) is 0 Å². The summed E-state index contributed by atoms with van der Waals surface area (Å²) in [6.45, 7) is 9.31. The summed E-state index contributed by atoms with van der Waals surface area (Å²) in [4.78, 5) is 2.39. The van der Waals surface area contributed by atoms with Crippen molar-refractivity contribution in [2.75, 3.05) is 26.2 Å². The van der Waals surface area contributed by atoms with Gasteiger partial charge in [0, 0.05) is 30.6 Å². The number of hydrogen-bond donors (Lipinski definition) is 1. The van der Waals surface area contributed by atoms with Crippen molar-refractivity contribution in [3.8, 4) is 0 Å². The van der Waals surface area contributed by atoms with Gasteiger partial charge in [-0.05, 0) is 30.8 Å². The molecule has 0 aliphatic rings. The van der Waals surface area contributed by atoms with Gasteiger partial charge in [0.05, 0.1) is 0 Å². The number of hydrogen-bond acceptors (Lipinski definition) is 3. The summed E-state index contributed by atoms with van der Waals surface area (Å²) >= 11 is 6.15. The van der Waals surface area contributed by atoms with Gasteiger partial charge in [0.2, 0.25) is 0 Å². The maximum atomic E-state index is 6.15. The van der Waals surface area contributed by atoms with Crippen molar-refractivity contribution in [1.29, 1.82) is 0 Å². The SMILES string of the molecule is CCN(CC)CCNCc1c(Cl)oc2ccccc12. The first-order valence-corrected chi connectivity index (χ1v) is 7.23. The second-order valence-corrected chi connectivity index (χ2v) is 4.90. The maximum Gasteiger partial charge on any atom is 0.199 e. The third-order valence-electron chi connectivity index (χ3n) is 3.45. The zero-order chi connectivity index (χ0) is 13.7. The van der Waals surface area contributed by atoms with Gasteiger partial charge >= 0.3 is 0 Å². The van der Waals surface area contributed by atoms with Gasteiger partial charge in [-0.3, -0.25) is 0 Å². The van der Waals surface area contributed by atoms with E-state index in [9.17, 15) is 0 Å². The second kappa shape index (κ2) is 6.94. The van der Waals surface area contributed by atoms with Crippen LogP contribution in [0.1, 0.15) is 19.4 Å². The number of fused-ring (bicyclic) bond motifs is 1. The molecule has 4 heteroatoms. The van der Waals surface area contributed by atoms with Crippen molar-refractivity contribution < 1.29 is 4.42 Å². The summed E-state index contributed by atoms with van der Waals surface area (Å²) in [5.41, 5.74) is 1.91. The molecule has 0 unspecified atom stereocenters. The van der Waals surface area contributed by atoms with E-state index in [-0.39, 0.29) is 0 Å². The molecule has 1 aromatic carbocycles. The molecule has 0 saturated carbocycles. The molecule has 3 nitrogen and oxygen atoms in total. The van der Waals surface area contributed by atoms with Crippen molar-refractivity contribution in [2.24, 2.45) is 0 Å². The molecule has 2 aromatic rings. The van der Waals surface area contributed by atoms with Gasteiger partial charge in [-0.25, -0.2) is 0 Å². The first-order chi connectivity index (χ1) is 9.26. The Morgan fingerprint density at radius 2 is 1.95 bits per heavy atom. The fourth-order valence-electron chi connectivity index (χ4n) is 2.22. The van der Waals surface area contributed by atoms with E-state index in [1.165, 1.54) is 0 Å². The van der Waals surface area contributed by atoms with Gasteiger partial charge in [-0.15, -0.1) is 0 Å². The molecule has 0 fully saturated rings. The lowest BCUT2D eigenvalue weighted by atomic mass is 10.2. The third kappa shape index (κ3) is 3.50. The highest BCUT2D eigenvalue weighted by atomic mass is 35.5. The molecule has 0 saturated heterocycles. The largest absolute Gasteiger partial charge is 0.444 e. The third-order valence-corrected chi connectivity index (χ3v) is 3.76. The fourth-order valence-corrected chi connectivity index (χ4v) is 2.48. The lowest BCUT2D eigenvalue weighted by Gasteiger charge is -2.17. The summed E-state index contributed by atoms with van der Waals surface area (Å²) in [6.07, 6.45) is 0. The zero-order valence-electron chi connectivity index (χ0n) is 11.6. The van der Waals surface area contributed by atoms with Crippen LogP contribution in [-0.2, 0) is 6.54 Å². The summed E-state index contributed by atoms with van der Waals surface area (Å²) in [7, 11) is 0. The fraction of sp³-hybridized carbons (Fsp3) is 0.467. The Morgan fingerprint density at radius 1 is 1.21 bits per heavy atom. The second-order valence-electron chi connectivity index (χ2n) is 4.55. The molecule has 1 N–H and O–H groups in total. The highest BCUT2D eigenvalue weighted by Crippen LogP contribution is 2.29. The Labute approximate surface area is 119 Å². The van der Waals surface area contributed by atoms with Crippen molar-refractivity contribution in [3.05, 3.63) is 35.0 Å². The number of nitrogens with one attached hydrogen (secondary N) is 1. The molecule has 104 valence electrons. The molecule has 1 heterocycles. The number of nitrogens with zero attached hydrogens (tertiary/aromatic N) is 1. The highest BCUT2D eigenvalue weighted by Gasteiger charge is 2.11. The molecule has 0 atom stereocenters. The standard InChI is InChI=1S/C15H21ClN2O/c1-3-18(4-2)10-9-17-11-13-12-7-5-6-8-14(12)19-15(13)16/h5-8,17H,3-4,9-11H2,1-2H3. The number of para-hydroxylation sites is 1. The number of benzene rings is 1. The first-order valence-electron chi connectivity index (χ1n) is 6.85. The molecule has 0 bridgehead atoms. The van der Waals surface area contributed by atoms with Crippen molar-refractivity contribution in [1.82, 2.24) is 10.2 Å². The average molecular weight is 281 g/mol.